The maximum Gasteiger partial charge on any atom is 0.407 e. The molecule has 2 fully saturated rings. The molecule has 1 N–H and O–H groups in total. The summed E-state index contributed by atoms with van der Waals surface area (Å²) in [5, 5.41) is 2.65. The number of hydrogen-bond acceptors (Lipinski definition) is 5. The van der Waals surface area contributed by atoms with E-state index in [0.29, 0.717) is 17.5 Å². The van der Waals surface area contributed by atoms with Gasteiger partial charge in [0, 0.05) is 24.7 Å². The number of nitrogens with one attached hydrogen (secondary N) is 1. The van der Waals surface area contributed by atoms with E-state index in [1.807, 2.05) is 0 Å². The number of fused-ring (bicyclic) bond motifs is 5. The lowest BCUT2D eigenvalue weighted by atomic mass is 9.75. The van der Waals surface area contributed by atoms with Gasteiger partial charge in [-0.1, -0.05) is 18.2 Å². The number of halogens is 3. The molecule has 3 aliphatic rings. The molecule has 3 amide bonds. The number of carbonyl (C=O) groups is 3. The van der Waals surface area contributed by atoms with Gasteiger partial charge in [-0.05, 0) is 36.4 Å². The third kappa shape index (κ3) is 4.13. The smallest absolute Gasteiger partial charge is 0.407 e. The molecule has 3 aliphatic heterocycles. The quantitative estimate of drug-likeness (QED) is 0.351. The lowest BCUT2D eigenvalue weighted by Gasteiger charge is -2.29. The van der Waals surface area contributed by atoms with Gasteiger partial charge in [-0.3, -0.25) is 14.4 Å². The molecule has 2 bridgehead atoms. The number of ether oxygens (including phenoxy) is 2. The van der Waals surface area contributed by atoms with Gasteiger partial charge in [-0.2, -0.15) is 13.2 Å². The fraction of sp³-hybridized carbons (Fsp3) is 0.308. The summed E-state index contributed by atoms with van der Waals surface area (Å²) in [6.45, 7) is 8.54. The Morgan fingerprint density at radius 3 is 2.57 bits per heavy atom. The van der Waals surface area contributed by atoms with Crippen LogP contribution in [0.4, 0.5) is 30.2 Å². The van der Waals surface area contributed by atoms with Crippen LogP contribution in [0.2, 0.25) is 0 Å². The van der Waals surface area contributed by atoms with Crippen molar-refractivity contribution >= 4 is 34.8 Å². The van der Waals surface area contributed by atoms with Crippen molar-refractivity contribution < 1.29 is 37.0 Å². The Morgan fingerprint density at radius 1 is 1.19 bits per heavy atom. The third-order valence-corrected chi connectivity index (χ3v) is 6.76. The zero-order valence-corrected chi connectivity index (χ0v) is 19.4. The fourth-order valence-electron chi connectivity index (χ4n) is 5.20. The van der Waals surface area contributed by atoms with Crippen molar-refractivity contribution in [2.75, 3.05) is 16.8 Å². The van der Waals surface area contributed by atoms with Crippen LogP contribution >= 0.6 is 0 Å². The minimum atomic E-state index is -4.82. The number of imide groups is 1. The molecule has 8 nitrogen and oxygen atoms in total. The van der Waals surface area contributed by atoms with E-state index in [9.17, 15) is 27.6 Å². The number of nitrogens with zero attached hydrogens (tertiary/aromatic N) is 2. The van der Waals surface area contributed by atoms with Crippen LogP contribution in [0, 0.1) is 18.4 Å². The van der Waals surface area contributed by atoms with Gasteiger partial charge in [-0.15, -0.1) is 0 Å². The van der Waals surface area contributed by atoms with Gasteiger partial charge in [0.15, 0.2) is 5.69 Å². The van der Waals surface area contributed by atoms with E-state index in [4.69, 9.17) is 16.0 Å². The Morgan fingerprint density at radius 2 is 1.92 bits per heavy atom. The Labute approximate surface area is 209 Å². The molecule has 0 radical (unpaired) electrons. The number of carbonyl (C=O) groups excluding carboxylic acids is 3. The van der Waals surface area contributed by atoms with E-state index in [1.165, 1.54) is 13.0 Å². The maximum atomic E-state index is 13.5. The van der Waals surface area contributed by atoms with Crippen LogP contribution in [0.15, 0.2) is 54.6 Å². The average molecular weight is 511 g/mol. The van der Waals surface area contributed by atoms with E-state index in [1.54, 1.807) is 36.4 Å². The minimum absolute atomic E-state index is 0.138. The van der Waals surface area contributed by atoms with Crippen molar-refractivity contribution in [3.63, 3.8) is 0 Å². The summed E-state index contributed by atoms with van der Waals surface area (Å²) in [5.41, 5.74) is -2.57. The summed E-state index contributed by atoms with van der Waals surface area (Å²) in [5.74, 6) is -2.73. The van der Waals surface area contributed by atoms with Gasteiger partial charge in [-0.25, -0.2) is 9.74 Å². The number of alkyl halides is 3. The monoisotopic (exact) mass is 511 g/mol. The Balaban J connectivity index is 1.34. The van der Waals surface area contributed by atoms with Crippen LogP contribution in [0.1, 0.15) is 18.9 Å². The molecule has 5 rings (SSSR count). The molecular formula is C26H20F3N3O5. The first-order chi connectivity index (χ1) is 17.5. The molecule has 0 aromatic heterocycles. The Hall–Kier alpha value is -4.17. The van der Waals surface area contributed by atoms with Gasteiger partial charge in [0.25, 0.3) is 0 Å². The first kappa shape index (κ1) is 24.5. The summed E-state index contributed by atoms with van der Waals surface area (Å²) in [7, 11) is 0. The highest BCUT2D eigenvalue weighted by molar-refractivity contribution is 6.23. The normalized spacial score (nSPS) is 25.8. The van der Waals surface area contributed by atoms with Gasteiger partial charge in [0.2, 0.25) is 17.7 Å². The number of benzene rings is 2. The van der Waals surface area contributed by atoms with Gasteiger partial charge in [0.05, 0.1) is 36.7 Å². The molecule has 190 valence electrons. The van der Waals surface area contributed by atoms with Crippen LogP contribution in [0.25, 0.3) is 4.85 Å². The number of hydrogen-bond donors (Lipinski definition) is 1. The Kier molecular flexibility index (Phi) is 5.79. The zero-order chi connectivity index (χ0) is 26.5. The fourth-order valence-corrected chi connectivity index (χ4v) is 5.20. The van der Waals surface area contributed by atoms with Crippen LogP contribution < -0.4 is 15.0 Å². The first-order valence-corrected chi connectivity index (χ1v) is 11.4. The predicted octanol–water partition coefficient (Wildman–Crippen LogP) is 4.50. The van der Waals surface area contributed by atoms with Gasteiger partial charge in [0.1, 0.15) is 11.4 Å². The highest BCUT2D eigenvalue weighted by Crippen LogP contribution is 2.54. The molecule has 2 aromatic rings. The van der Waals surface area contributed by atoms with Crippen molar-refractivity contribution in [1.29, 1.82) is 0 Å². The predicted molar refractivity (Wildman–Crippen MR) is 125 cm³/mol. The second-order valence-corrected chi connectivity index (χ2v) is 9.03. The van der Waals surface area contributed by atoms with E-state index in [2.05, 4.69) is 10.2 Å². The van der Waals surface area contributed by atoms with Crippen LogP contribution in [-0.4, -0.2) is 36.0 Å². The summed E-state index contributed by atoms with van der Waals surface area (Å²) < 4.78 is 52.3. The topological polar surface area (TPSA) is 89.3 Å². The molecule has 2 saturated heterocycles. The molecule has 3 heterocycles. The highest BCUT2D eigenvalue weighted by Gasteiger charge is 2.67. The van der Waals surface area contributed by atoms with Crippen LogP contribution in [-0.2, 0) is 25.3 Å². The summed E-state index contributed by atoms with van der Waals surface area (Å²) >= 11 is 0. The molecule has 2 unspecified atom stereocenters. The highest BCUT2D eigenvalue weighted by atomic mass is 19.4. The molecule has 11 heteroatoms. The van der Waals surface area contributed by atoms with Crippen molar-refractivity contribution in [3.05, 3.63) is 71.6 Å². The van der Waals surface area contributed by atoms with E-state index in [-0.39, 0.29) is 24.6 Å². The van der Waals surface area contributed by atoms with Crippen molar-refractivity contribution in [2.24, 2.45) is 11.8 Å². The van der Waals surface area contributed by atoms with Crippen molar-refractivity contribution in [2.45, 2.75) is 31.2 Å². The maximum absolute atomic E-state index is 13.5. The minimum Gasteiger partial charge on any atom is -0.493 e. The van der Waals surface area contributed by atoms with E-state index in [0.717, 1.165) is 11.0 Å². The van der Waals surface area contributed by atoms with Crippen molar-refractivity contribution in [3.8, 4) is 5.75 Å². The van der Waals surface area contributed by atoms with Crippen molar-refractivity contribution in [1.82, 2.24) is 0 Å². The standard InChI is InChI=1S/C26H20F3N3O5/c1-14(33)31-15-3-6-17(7-4-15)36-12-11-25-10-9-20(37-25)21-22(25)24(35)32(23(21)34)16-5-8-19(30-2)18(13-16)26(27,28)29/h3-10,13,20-22H,11-12H2,1H3,(H,31,33)/t20?,21-,22+,25?/m1/s1. The summed E-state index contributed by atoms with van der Waals surface area (Å²) in [4.78, 5) is 41.5. The molecule has 0 aliphatic carbocycles. The molecule has 37 heavy (non-hydrogen) atoms. The summed E-state index contributed by atoms with van der Waals surface area (Å²) in [6, 6.07) is 9.50. The lowest BCUT2D eigenvalue weighted by Crippen LogP contribution is -2.41. The van der Waals surface area contributed by atoms with Crippen LogP contribution in [0.3, 0.4) is 0 Å². The lowest BCUT2D eigenvalue weighted by molar-refractivity contribution is -0.137. The van der Waals surface area contributed by atoms with E-state index >= 15 is 0 Å². The largest absolute Gasteiger partial charge is 0.493 e. The van der Waals surface area contributed by atoms with E-state index < -0.39 is 52.8 Å². The SMILES string of the molecule is [C-]#[N+]c1ccc(N2C(=O)[C@@H]3C4C=CC(CCOc5ccc(NC(C)=O)cc5)(O4)[C@@H]3C2=O)cc1C(F)(F)F. The number of anilines is 2. The average Bonchev–Trinajstić information content (AvgIpc) is 3.49. The molecule has 0 saturated carbocycles. The second-order valence-electron chi connectivity index (χ2n) is 9.03. The number of rotatable bonds is 6. The summed E-state index contributed by atoms with van der Waals surface area (Å²) in [6.07, 6.45) is -1.85. The van der Waals surface area contributed by atoms with Gasteiger partial charge < -0.3 is 14.8 Å². The number of amides is 3. The Bertz CT molecular complexity index is 1360. The molecule has 4 atom stereocenters. The van der Waals surface area contributed by atoms with Crippen LogP contribution in [0.5, 0.6) is 5.75 Å². The second kappa shape index (κ2) is 8.74. The van der Waals surface area contributed by atoms with Gasteiger partial charge >= 0.3 is 6.18 Å². The molecule has 0 spiro atoms. The molecular weight excluding hydrogens is 491 g/mol. The molecule has 2 aromatic carbocycles. The zero-order valence-electron chi connectivity index (χ0n) is 19.4. The third-order valence-electron chi connectivity index (χ3n) is 6.76. The first-order valence-electron chi connectivity index (χ1n) is 11.4.